The lowest BCUT2D eigenvalue weighted by Gasteiger charge is -2.02. The summed E-state index contributed by atoms with van der Waals surface area (Å²) >= 11 is 6.08. The summed E-state index contributed by atoms with van der Waals surface area (Å²) in [6.07, 6.45) is 2.41. The van der Waals surface area contributed by atoms with E-state index in [1.54, 1.807) is 12.1 Å². The molecule has 6 heteroatoms. The van der Waals surface area contributed by atoms with Gasteiger partial charge in [-0.05, 0) is 42.8 Å². The molecule has 20 heavy (non-hydrogen) atoms. The van der Waals surface area contributed by atoms with E-state index in [2.05, 4.69) is 5.32 Å². The molecule has 2 rings (SSSR count). The summed E-state index contributed by atoms with van der Waals surface area (Å²) < 4.78 is 13.9. The molecule has 0 aliphatic rings. The Hall–Kier alpha value is -1.53. The van der Waals surface area contributed by atoms with Crippen molar-refractivity contribution < 1.29 is 9.18 Å². The third kappa shape index (κ3) is 3.98. The minimum absolute atomic E-state index is 0.123. The third-order valence-electron chi connectivity index (χ3n) is 2.84. The maximum atomic E-state index is 13.1. The highest BCUT2D eigenvalue weighted by molar-refractivity contribution is 7.80. The fourth-order valence-corrected chi connectivity index (χ4v) is 2.98. The van der Waals surface area contributed by atoms with Gasteiger partial charge in [-0.15, -0.1) is 11.3 Å². The van der Waals surface area contributed by atoms with E-state index < -0.39 is 0 Å². The quantitative estimate of drug-likeness (QED) is 0.636. The molecule has 0 saturated heterocycles. The van der Waals surface area contributed by atoms with Crippen molar-refractivity contribution in [2.45, 2.75) is 19.3 Å². The number of amides is 1. The summed E-state index contributed by atoms with van der Waals surface area (Å²) in [5.41, 5.74) is 5.40. The average molecular weight is 310 g/mol. The number of thiophene rings is 1. The highest BCUT2D eigenvalue weighted by atomic mass is 32.1. The number of nitrogens with two attached hydrogens (primary N) is 1. The molecule has 0 spiro atoms. The van der Waals surface area contributed by atoms with Gasteiger partial charge in [0.1, 0.15) is 5.82 Å². The Bertz CT molecular complexity index is 639. The Morgan fingerprint density at radius 3 is 2.90 bits per heavy atom. The topological polar surface area (TPSA) is 55.1 Å². The van der Waals surface area contributed by atoms with E-state index in [9.17, 15) is 9.18 Å². The molecule has 0 bridgehead atoms. The summed E-state index contributed by atoms with van der Waals surface area (Å²) in [6, 6.07) is 6.30. The number of rotatable bonds is 6. The van der Waals surface area contributed by atoms with Crippen LogP contribution in [0.15, 0.2) is 24.3 Å². The van der Waals surface area contributed by atoms with Crippen LogP contribution < -0.4 is 11.1 Å². The zero-order valence-corrected chi connectivity index (χ0v) is 12.5. The van der Waals surface area contributed by atoms with Crippen LogP contribution in [0, 0.1) is 5.82 Å². The summed E-state index contributed by atoms with van der Waals surface area (Å²) in [4.78, 5) is 13.1. The lowest BCUT2D eigenvalue weighted by molar-refractivity contribution is 0.0957. The lowest BCUT2D eigenvalue weighted by Crippen LogP contribution is -2.23. The van der Waals surface area contributed by atoms with Crippen molar-refractivity contribution in [2.75, 3.05) is 6.54 Å². The maximum Gasteiger partial charge on any atom is 0.261 e. The Labute approximate surface area is 126 Å². The number of carbonyl (C=O) groups is 1. The standard InChI is InChI=1S/C14H15FN2OS2/c15-10-5-4-9-7-12(20-11(9)8-10)14(18)17-6-2-1-3-13(16)19/h4-5,7-8H,1-3,6H2,(H2,16,19)(H,17,18). The second-order valence-electron chi connectivity index (χ2n) is 4.47. The number of carbonyl (C=O) groups excluding carboxylic acids is 1. The molecule has 1 amide bonds. The number of hydrogen-bond donors (Lipinski definition) is 2. The zero-order chi connectivity index (χ0) is 14.5. The van der Waals surface area contributed by atoms with Crippen molar-refractivity contribution >= 4 is 44.5 Å². The molecule has 1 heterocycles. The van der Waals surface area contributed by atoms with Crippen LogP contribution in [0.3, 0.4) is 0 Å². The van der Waals surface area contributed by atoms with E-state index in [-0.39, 0.29) is 11.7 Å². The molecule has 106 valence electrons. The van der Waals surface area contributed by atoms with Crippen molar-refractivity contribution in [1.29, 1.82) is 0 Å². The number of nitrogens with one attached hydrogen (secondary N) is 1. The van der Waals surface area contributed by atoms with E-state index in [4.69, 9.17) is 18.0 Å². The van der Waals surface area contributed by atoms with Crippen LogP contribution >= 0.6 is 23.6 Å². The Morgan fingerprint density at radius 1 is 1.35 bits per heavy atom. The van der Waals surface area contributed by atoms with Gasteiger partial charge in [-0.25, -0.2) is 4.39 Å². The molecule has 0 aliphatic heterocycles. The summed E-state index contributed by atoms with van der Waals surface area (Å²) in [7, 11) is 0. The second-order valence-corrected chi connectivity index (χ2v) is 6.08. The molecule has 3 N–H and O–H groups in total. The number of halogens is 1. The minimum Gasteiger partial charge on any atom is -0.393 e. The first kappa shape index (κ1) is 14.9. The van der Waals surface area contributed by atoms with Gasteiger partial charge in [0.05, 0.1) is 9.87 Å². The molecule has 0 fully saturated rings. The fraction of sp³-hybridized carbons (Fsp3) is 0.286. The van der Waals surface area contributed by atoms with Crippen LogP contribution in [0.4, 0.5) is 4.39 Å². The summed E-state index contributed by atoms with van der Waals surface area (Å²) in [6.45, 7) is 0.587. The largest absolute Gasteiger partial charge is 0.393 e. The zero-order valence-electron chi connectivity index (χ0n) is 10.8. The molecule has 3 nitrogen and oxygen atoms in total. The molecule has 1 aromatic heterocycles. The minimum atomic E-state index is -0.288. The molecule has 0 aliphatic carbocycles. The fourth-order valence-electron chi connectivity index (χ4n) is 1.83. The van der Waals surface area contributed by atoms with E-state index >= 15 is 0 Å². The van der Waals surface area contributed by atoms with Crippen LogP contribution in [0.1, 0.15) is 28.9 Å². The molecule has 1 aromatic carbocycles. The molecular weight excluding hydrogens is 295 g/mol. The monoisotopic (exact) mass is 310 g/mol. The molecule has 0 unspecified atom stereocenters. The van der Waals surface area contributed by atoms with Crippen LogP contribution in [-0.4, -0.2) is 17.4 Å². The normalized spacial score (nSPS) is 10.7. The number of hydrogen-bond acceptors (Lipinski definition) is 3. The van der Waals surface area contributed by atoms with E-state index in [0.29, 0.717) is 22.8 Å². The predicted octanol–water partition coefficient (Wildman–Crippen LogP) is 3.23. The average Bonchev–Trinajstić information content (AvgIpc) is 2.80. The van der Waals surface area contributed by atoms with Crippen LogP contribution in [0.2, 0.25) is 0 Å². The van der Waals surface area contributed by atoms with Crippen molar-refractivity contribution in [1.82, 2.24) is 5.32 Å². The van der Waals surface area contributed by atoms with E-state index in [1.807, 2.05) is 0 Å². The third-order valence-corrected chi connectivity index (χ3v) is 4.14. The molecule has 2 aromatic rings. The second kappa shape index (κ2) is 6.76. The summed E-state index contributed by atoms with van der Waals surface area (Å²) in [5, 5.41) is 3.73. The SMILES string of the molecule is NC(=S)CCCCNC(=O)c1cc2ccc(F)cc2s1. The number of unbranched alkanes of at least 4 members (excludes halogenated alkanes) is 1. The Morgan fingerprint density at radius 2 is 2.15 bits per heavy atom. The molecule has 0 radical (unpaired) electrons. The van der Waals surface area contributed by atoms with Crippen molar-refractivity contribution in [3.8, 4) is 0 Å². The van der Waals surface area contributed by atoms with Crippen molar-refractivity contribution in [2.24, 2.45) is 5.73 Å². The van der Waals surface area contributed by atoms with Gasteiger partial charge in [0.2, 0.25) is 0 Å². The van der Waals surface area contributed by atoms with Crippen molar-refractivity contribution in [3.05, 3.63) is 35.0 Å². The first-order valence-electron chi connectivity index (χ1n) is 6.32. The lowest BCUT2D eigenvalue weighted by atomic mass is 10.2. The van der Waals surface area contributed by atoms with Gasteiger partial charge in [-0.1, -0.05) is 18.3 Å². The maximum absolute atomic E-state index is 13.1. The van der Waals surface area contributed by atoms with Gasteiger partial charge in [0.25, 0.3) is 5.91 Å². The Kier molecular flexibility index (Phi) is 5.03. The van der Waals surface area contributed by atoms with Crippen molar-refractivity contribution in [3.63, 3.8) is 0 Å². The Balaban J connectivity index is 1.89. The number of fused-ring (bicyclic) bond motifs is 1. The van der Waals surface area contributed by atoms with Crippen LogP contribution in [0.5, 0.6) is 0 Å². The number of thiocarbonyl (C=S) groups is 1. The first-order valence-corrected chi connectivity index (χ1v) is 7.54. The van der Waals surface area contributed by atoms with E-state index in [1.165, 1.54) is 23.5 Å². The molecule has 0 saturated carbocycles. The first-order chi connectivity index (χ1) is 9.56. The van der Waals surface area contributed by atoms with Crippen LogP contribution in [0.25, 0.3) is 10.1 Å². The smallest absolute Gasteiger partial charge is 0.261 e. The van der Waals surface area contributed by atoms with Gasteiger partial charge >= 0.3 is 0 Å². The number of benzene rings is 1. The van der Waals surface area contributed by atoms with Gasteiger partial charge in [-0.2, -0.15) is 0 Å². The van der Waals surface area contributed by atoms with Crippen LogP contribution in [-0.2, 0) is 0 Å². The molecule has 0 atom stereocenters. The summed E-state index contributed by atoms with van der Waals surface area (Å²) in [5.74, 6) is -0.411. The van der Waals surface area contributed by atoms with Gasteiger partial charge < -0.3 is 11.1 Å². The van der Waals surface area contributed by atoms with E-state index in [0.717, 1.165) is 22.9 Å². The van der Waals surface area contributed by atoms with Gasteiger partial charge in [0, 0.05) is 11.2 Å². The van der Waals surface area contributed by atoms with Gasteiger partial charge in [0.15, 0.2) is 0 Å². The molecular formula is C14H15FN2OS2. The van der Waals surface area contributed by atoms with Gasteiger partial charge in [-0.3, -0.25) is 4.79 Å². The predicted molar refractivity (Wildman–Crippen MR) is 84.8 cm³/mol. The highest BCUT2D eigenvalue weighted by Crippen LogP contribution is 2.26. The highest BCUT2D eigenvalue weighted by Gasteiger charge is 2.10.